The Kier molecular flexibility index (Phi) is 4.91. The SMILES string of the molecule is O=C(CCCOc1ccccc1)Nc1ccc2c(=O)cc[nH]c2c1. The maximum absolute atomic E-state index is 12.0. The van der Waals surface area contributed by atoms with E-state index in [1.807, 2.05) is 30.3 Å². The van der Waals surface area contributed by atoms with Gasteiger partial charge in [0.25, 0.3) is 0 Å². The van der Waals surface area contributed by atoms with Crippen LogP contribution in [0.5, 0.6) is 5.75 Å². The summed E-state index contributed by atoms with van der Waals surface area (Å²) in [6, 6.07) is 16.2. The average Bonchev–Trinajstić information content (AvgIpc) is 2.60. The second-order valence-electron chi connectivity index (χ2n) is 5.42. The van der Waals surface area contributed by atoms with Gasteiger partial charge in [-0.2, -0.15) is 0 Å². The molecule has 1 heterocycles. The topological polar surface area (TPSA) is 71.2 Å². The number of fused-ring (bicyclic) bond motifs is 1. The Labute approximate surface area is 139 Å². The lowest BCUT2D eigenvalue weighted by atomic mass is 10.2. The monoisotopic (exact) mass is 322 g/mol. The number of nitrogens with one attached hydrogen (secondary N) is 2. The maximum atomic E-state index is 12.0. The third kappa shape index (κ3) is 4.01. The number of ether oxygens (including phenoxy) is 1. The predicted molar refractivity (Wildman–Crippen MR) is 94.4 cm³/mol. The minimum absolute atomic E-state index is 0.0420. The summed E-state index contributed by atoms with van der Waals surface area (Å²) in [5.41, 5.74) is 1.32. The number of para-hydroxylation sites is 1. The number of H-pyrrole nitrogens is 1. The largest absolute Gasteiger partial charge is 0.494 e. The number of aromatic nitrogens is 1. The maximum Gasteiger partial charge on any atom is 0.224 e. The minimum Gasteiger partial charge on any atom is -0.494 e. The van der Waals surface area contributed by atoms with Gasteiger partial charge in [-0.1, -0.05) is 18.2 Å². The minimum atomic E-state index is -0.0794. The second-order valence-corrected chi connectivity index (χ2v) is 5.42. The van der Waals surface area contributed by atoms with Crippen molar-refractivity contribution in [1.29, 1.82) is 0 Å². The normalized spacial score (nSPS) is 10.5. The highest BCUT2D eigenvalue weighted by atomic mass is 16.5. The van der Waals surface area contributed by atoms with Gasteiger partial charge in [0.2, 0.25) is 5.91 Å². The van der Waals surface area contributed by atoms with Gasteiger partial charge in [-0.3, -0.25) is 9.59 Å². The summed E-state index contributed by atoms with van der Waals surface area (Å²) < 4.78 is 5.56. The van der Waals surface area contributed by atoms with E-state index < -0.39 is 0 Å². The lowest BCUT2D eigenvalue weighted by molar-refractivity contribution is -0.116. The highest BCUT2D eigenvalue weighted by Gasteiger charge is 2.05. The van der Waals surface area contributed by atoms with Crippen molar-refractivity contribution in [3.8, 4) is 5.75 Å². The molecule has 3 aromatic rings. The number of aromatic amines is 1. The number of hydrogen-bond donors (Lipinski definition) is 2. The van der Waals surface area contributed by atoms with Gasteiger partial charge in [-0.25, -0.2) is 0 Å². The van der Waals surface area contributed by atoms with E-state index in [0.29, 0.717) is 36.0 Å². The van der Waals surface area contributed by atoms with E-state index in [2.05, 4.69) is 10.3 Å². The van der Waals surface area contributed by atoms with Gasteiger partial charge in [0.05, 0.1) is 12.1 Å². The molecule has 122 valence electrons. The molecule has 0 unspecified atom stereocenters. The number of hydrogen-bond acceptors (Lipinski definition) is 3. The Hall–Kier alpha value is -3.08. The molecule has 2 aromatic carbocycles. The van der Waals surface area contributed by atoms with Crippen LogP contribution in [0.4, 0.5) is 5.69 Å². The molecule has 0 saturated carbocycles. The van der Waals surface area contributed by atoms with Crippen LogP contribution in [0, 0.1) is 0 Å². The molecule has 1 amide bonds. The first kappa shape index (κ1) is 15.8. The first-order valence-electron chi connectivity index (χ1n) is 7.81. The quantitative estimate of drug-likeness (QED) is 0.684. The zero-order valence-electron chi connectivity index (χ0n) is 13.1. The summed E-state index contributed by atoms with van der Waals surface area (Å²) in [6.07, 6.45) is 2.60. The van der Waals surface area contributed by atoms with Gasteiger partial charge in [-0.15, -0.1) is 0 Å². The van der Waals surface area contributed by atoms with Crippen molar-refractivity contribution in [2.45, 2.75) is 12.8 Å². The van der Waals surface area contributed by atoms with Gasteiger partial charge in [-0.05, 0) is 36.8 Å². The standard InChI is InChI=1S/C19H18N2O3/c22-18-10-11-20-17-13-14(8-9-16(17)18)21-19(23)7-4-12-24-15-5-2-1-3-6-15/h1-3,5-6,8-11,13H,4,7,12H2,(H,20,22)(H,21,23). The lowest BCUT2D eigenvalue weighted by Gasteiger charge is -2.08. The fourth-order valence-electron chi connectivity index (χ4n) is 2.42. The Balaban J connectivity index is 1.51. The van der Waals surface area contributed by atoms with E-state index in [1.54, 1.807) is 24.4 Å². The molecule has 2 N–H and O–H groups in total. The Morgan fingerprint density at radius 3 is 2.75 bits per heavy atom. The molecule has 0 aliphatic carbocycles. The van der Waals surface area contributed by atoms with Crippen molar-refractivity contribution in [2.24, 2.45) is 0 Å². The summed E-state index contributed by atoms with van der Waals surface area (Å²) >= 11 is 0. The van der Waals surface area contributed by atoms with Gasteiger partial charge in [0, 0.05) is 29.8 Å². The van der Waals surface area contributed by atoms with Crippen molar-refractivity contribution >= 4 is 22.5 Å². The zero-order chi connectivity index (χ0) is 16.8. The van der Waals surface area contributed by atoms with Crippen LogP contribution >= 0.6 is 0 Å². The van der Waals surface area contributed by atoms with E-state index in [9.17, 15) is 9.59 Å². The lowest BCUT2D eigenvalue weighted by Crippen LogP contribution is -2.13. The van der Waals surface area contributed by atoms with E-state index >= 15 is 0 Å². The summed E-state index contributed by atoms with van der Waals surface area (Å²) in [4.78, 5) is 26.7. The first-order chi connectivity index (χ1) is 11.7. The molecular formula is C19H18N2O3. The van der Waals surface area contributed by atoms with Gasteiger partial charge < -0.3 is 15.0 Å². The number of carbonyl (C=O) groups excluding carboxylic acids is 1. The van der Waals surface area contributed by atoms with Crippen LogP contribution in [0.3, 0.4) is 0 Å². The van der Waals surface area contributed by atoms with Crippen molar-refractivity contribution < 1.29 is 9.53 Å². The average molecular weight is 322 g/mol. The van der Waals surface area contributed by atoms with E-state index in [0.717, 1.165) is 5.75 Å². The van der Waals surface area contributed by atoms with Crippen molar-refractivity contribution in [3.63, 3.8) is 0 Å². The van der Waals surface area contributed by atoms with Gasteiger partial charge >= 0.3 is 0 Å². The number of carbonyl (C=O) groups is 1. The Morgan fingerprint density at radius 1 is 1.08 bits per heavy atom. The molecule has 1 aromatic heterocycles. The third-order valence-electron chi connectivity index (χ3n) is 3.60. The number of rotatable bonds is 6. The molecule has 3 rings (SSSR count). The number of anilines is 1. The molecule has 24 heavy (non-hydrogen) atoms. The van der Waals surface area contributed by atoms with Crippen LogP contribution in [0.2, 0.25) is 0 Å². The zero-order valence-corrected chi connectivity index (χ0v) is 13.1. The molecule has 0 aliphatic rings. The summed E-state index contributed by atoms with van der Waals surface area (Å²) in [5.74, 6) is 0.723. The fourth-order valence-corrected chi connectivity index (χ4v) is 2.42. The summed E-state index contributed by atoms with van der Waals surface area (Å²) in [5, 5.41) is 3.44. The van der Waals surface area contributed by atoms with Crippen LogP contribution in [-0.2, 0) is 4.79 Å². The van der Waals surface area contributed by atoms with Crippen LogP contribution < -0.4 is 15.5 Å². The Bertz CT molecular complexity index is 888. The van der Waals surface area contributed by atoms with Gasteiger partial charge in [0.15, 0.2) is 5.43 Å². The molecule has 0 fully saturated rings. The highest BCUT2D eigenvalue weighted by Crippen LogP contribution is 2.15. The second kappa shape index (κ2) is 7.46. The molecule has 0 aliphatic heterocycles. The van der Waals surface area contributed by atoms with E-state index in [1.165, 1.54) is 6.07 Å². The summed E-state index contributed by atoms with van der Waals surface area (Å²) in [7, 11) is 0. The van der Waals surface area contributed by atoms with Crippen LogP contribution in [0.25, 0.3) is 10.9 Å². The highest BCUT2D eigenvalue weighted by molar-refractivity contribution is 5.93. The van der Waals surface area contributed by atoms with Crippen LogP contribution in [-0.4, -0.2) is 17.5 Å². The molecule has 5 heteroatoms. The number of benzene rings is 2. The molecule has 0 bridgehead atoms. The van der Waals surface area contributed by atoms with Crippen molar-refractivity contribution in [2.75, 3.05) is 11.9 Å². The van der Waals surface area contributed by atoms with E-state index in [-0.39, 0.29) is 11.3 Å². The predicted octanol–water partition coefficient (Wildman–Crippen LogP) is 3.33. The molecule has 5 nitrogen and oxygen atoms in total. The fraction of sp³-hybridized carbons (Fsp3) is 0.158. The van der Waals surface area contributed by atoms with E-state index in [4.69, 9.17) is 4.74 Å². The number of amides is 1. The summed E-state index contributed by atoms with van der Waals surface area (Å²) in [6.45, 7) is 0.489. The molecular weight excluding hydrogens is 304 g/mol. The smallest absolute Gasteiger partial charge is 0.224 e. The molecule has 0 saturated heterocycles. The third-order valence-corrected chi connectivity index (χ3v) is 3.60. The molecule has 0 atom stereocenters. The van der Waals surface area contributed by atoms with Crippen LogP contribution in [0.1, 0.15) is 12.8 Å². The molecule has 0 spiro atoms. The van der Waals surface area contributed by atoms with Gasteiger partial charge in [0.1, 0.15) is 5.75 Å². The van der Waals surface area contributed by atoms with Crippen molar-refractivity contribution in [1.82, 2.24) is 4.98 Å². The van der Waals surface area contributed by atoms with Crippen molar-refractivity contribution in [3.05, 3.63) is 71.0 Å². The Morgan fingerprint density at radius 2 is 1.92 bits per heavy atom. The van der Waals surface area contributed by atoms with Crippen LogP contribution in [0.15, 0.2) is 65.6 Å². The molecule has 0 radical (unpaired) electrons. The first-order valence-corrected chi connectivity index (χ1v) is 7.81. The number of pyridine rings is 1.